The van der Waals surface area contributed by atoms with Gasteiger partial charge in [0.2, 0.25) is 11.8 Å². The van der Waals surface area contributed by atoms with Crippen LogP contribution in [0.5, 0.6) is 0 Å². The van der Waals surface area contributed by atoms with Crippen LogP contribution in [0.2, 0.25) is 0 Å². The zero-order chi connectivity index (χ0) is 19.1. The summed E-state index contributed by atoms with van der Waals surface area (Å²) in [6, 6.07) is 10.7. The molecule has 0 atom stereocenters. The highest BCUT2D eigenvalue weighted by atomic mass is 16.2. The molecule has 2 amide bonds. The van der Waals surface area contributed by atoms with Crippen LogP contribution < -0.4 is 0 Å². The first-order chi connectivity index (χ1) is 13.2. The van der Waals surface area contributed by atoms with Gasteiger partial charge in [-0.05, 0) is 50.0 Å². The minimum atomic E-state index is 0.117. The number of amides is 2. The first kappa shape index (κ1) is 19.9. The van der Waals surface area contributed by atoms with E-state index in [9.17, 15) is 9.59 Å². The van der Waals surface area contributed by atoms with Crippen LogP contribution in [0.1, 0.15) is 57.4 Å². The average Bonchev–Trinajstić information content (AvgIpc) is 2.73. The minimum absolute atomic E-state index is 0.117. The Hall–Kier alpha value is -1.84. The summed E-state index contributed by atoms with van der Waals surface area (Å²) >= 11 is 0. The first-order valence-electron chi connectivity index (χ1n) is 10.8. The molecule has 0 unspecified atom stereocenters. The number of benzene rings is 1. The first-order valence-corrected chi connectivity index (χ1v) is 10.8. The fourth-order valence-electron chi connectivity index (χ4n) is 4.43. The van der Waals surface area contributed by atoms with E-state index in [0.29, 0.717) is 18.2 Å². The quantitative estimate of drug-likeness (QED) is 0.762. The predicted octanol–water partition coefficient (Wildman–Crippen LogP) is 3.90. The molecule has 2 saturated heterocycles. The van der Waals surface area contributed by atoms with Crippen LogP contribution in [0.25, 0.3) is 0 Å². The van der Waals surface area contributed by atoms with Gasteiger partial charge in [-0.3, -0.25) is 9.59 Å². The molecule has 0 spiro atoms. The van der Waals surface area contributed by atoms with Crippen molar-refractivity contribution in [3.8, 4) is 0 Å². The lowest BCUT2D eigenvalue weighted by Crippen LogP contribution is -2.46. The third kappa shape index (κ3) is 5.57. The van der Waals surface area contributed by atoms with Gasteiger partial charge in [-0.2, -0.15) is 0 Å². The van der Waals surface area contributed by atoms with Crippen molar-refractivity contribution < 1.29 is 9.59 Å². The second kappa shape index (κ2) is 9.91. The van der Waals surface area contributed by atoms with Crippen molar-refractivity contribution in [1.82, 2.24) is 9.80 Å². The standard InChI is InChI=1S/C23H34N2O2/c1-2-3-9-22(26)24-16-12-21(13-17-24)23(27)25-14-10-20(11-15-25)18-19-7-5-4-6-8-19/h4-8,20-21H,2-3,9-18H2,1H3. The average molecular weight is 371 g/mol. The number of rotatable bonds is 6. The molecule has 2 aliphatic heterocycles. The van der Waals surface area contributed by atoms with Crippen LogP contribution in [-0.2, 0) is 16.0 Å². The Morgan fingerprint density at radius 3 is 2.19 bits per heavy atom. The van der Waals surface area contributed by atoms with Crippen LogP contribution in [-0.4, -0.2) is 47.8 Å². The highest BCUT2D eigenvalue weighted by Gasteiger charge is 2.31. The summed E-state index contributed by atoms with van der Waals surface area (Å²) in [6.07, 6.45) is 7.69. The number of likely N-dealkylation sites (tertiary alicyclic amines) is 2. The number of carbonyl (C=O) groups is 2. The molecule has 0 N–H and O–H groups in total. The Morgan fingerprint density at radius 1 is 0.926 bits per heavy atom. The molecular weight excluding hydrogens is 336 g/mol. The zero-order valence-corrected chi connectivity index (χ0v) is 16.7. The van der Waals surface area contributed by atoms with E-state index >= 15 is 0 Å². The van der Waals surface area contributed by atoms with E-state index in [1.165, 1.54) is 5.56 Å². The maximum absolute atomic E-state index is 12.9. The number of piperidine rings is 2. The summed E-state index contributed by atoms with van der Waals surface area (Å²) in [4.78, 5) is 29.1. The van der Waals surface area contributed by atoms with Crippen molar-refractivity contribution in [2.45, 2.75) is 58.3 Å². The molecule has 148 valence electrons. The van der Waals surface area contributed by atoms with Crippen LogP contribution in [0.15, 0.2) is 30.3 Å². The van der Waals surface area contributed by atoms with E-state index in [0.717, 1.165) is 71.1 Å². The number of nitrogens with zero attached hydrogens (tertiary/aromatic N) is 2. The molecule has 2 fully saturated rings. The molecule has 3 rings (SSSR count). The van der Waals surface area contributed by atoms with E-state index < -0.39 is 0 Å². The van der Waals surface area contributed by atoms with Crippen LogP contribution in [0, 0.1) is 11.8 Å². The number of carbonyl (C=O) groups excluding carboxylic acids is 2. The monoisotopic (exact) mass is 370 g/mol. The van der Waals surface area contributed by atoms with Gasteiger partial charge >= 0.3 is 0 Å². The summed E-state index contributed by atoms with van der Waals surface area (Å²) in [7, 11) is 0. The second-order valence-electron chi connectivity index (χ2n) is 8.22. The number of unbranched alkanes of at least 4 members (excludes halogenated alkanes) is 1. The van der Waals surface area contributed by atoms with Crippen LogP contribution in [0.3, 0.4) is 0 Å². The van der Waals surface area contributed by atoms with Gasteiger partial charge in [0.1, 0.15) is 0 Å². The van der Waals surface area contributed by atoms with Gasteiger partial charge in [0.15, 0.2) is 0 Å². The van der Waals surface area contributed by atoms with Gasteiger partial charge in [-0.25, -0.2) is 0 Å². The lowest BCUT2D eigenvalue weighted by atomic mass is 9.88. The fraction of sp³-hybridized carbons (Fsp3) is 0.652. The summed E-state index contributed by atoms with van der Waals surface area (Å²) in [5, 5.41) is 0. The van der Waals surface area contributed by atoms with Crippen LogP contribution in [0.4, 0.5) is 0 Å². The Kier molecular flexibility index (Phi) is 7.31. The van der Waals surface area contributed by atoms with E-state index in [1.54, 1.807) is 0 Å². The van der Waals surface area contributed by atoms with Gasteiger partial charge in [0.05, 0.1) is 0 Å². The van der Waals surface area contributed by atoms with Gasteiger partial charge in [0, 0.05) is 38.5 Å². The minimum Gasteiger partial charge on any atom is -0.343 e. The summed E-state index contributed by atoms with van der Waals surface area (Å²) < 4.78 is 0. The lowest BCUT2D eigenvalue weighted by molar-refractivity contribution is -0.141. The summed E-state index contributed by atoms with van der Waals surface area (Å²) in [6.45, 7) is 5.41. The van der Waals surface area contributed by atoms with Crippen LogP contribution >= 0.6 is 0 Å². The fourth-order valence-corrected chi connectivity index (χ4v) is 4.43. The van der Waals surface area contributed by atoms with Crippen molar-refractivity contribution >= 4 is 11.8 Å². The smallest absolute Gasteiger partial charge is 0.225 e. The third-order valence-electron chi connectivity index (χ3n) is 6.23. The molecule has 0 aliphatic carbocycles. The highest BCUT2D eigenvalue weighted by molar-refractivity contribution is 5.80. The third-order valence-corrected chi connectivity index (χ3v) is 6.23. The van der Waals surface area contributed by atoms with E-state index in [2.05, 4.69) is 42.2 Å². The maximum atomic E-state index is 12.9. The molecule has 0 radical (unpaired) electrons. The molecule has 4 heteroatoms. The number of hydrogen-bond acceptors (Lipinski definition) is 2. The molecule has 0 saturated carbocycles. The van der Waals surface area contributed by atoms with Gasteiger partial charge in [-0.1, -0.05) is 43.7 Å². The molecule has 0 bridgehead atoms. The Morgan fingerprint density at radius 2 is 1.56 bits per heavy atom. The van der Waals surface area contributed by atoms with E-state index in [-0.39, 0.29) is 11.8 Å². The largest absolute Gasteiger partial charge is 0.343 e. The number of hydrogen-bond donors (Lipinski definition) is 0. The van der Waals surface area contributed by atoms with Crippen molar-refractivity contribution in [1.29, 1.82) is 0 Å². The molecule has 1 aromatic rings. The topological polar surface area (TPSA) is 40.6 Å². The molecule has 27 heavy (non-hydrogen) atoms. The van der Waals surface area contributed by atoms with Crippen molar-refractivity contribution in [2.75, 3.05) is 26.2 Å². The highest BCUT2D eigenvalue weighted by Crippen LogP contribution is 2.26. The van der Waals surface area contributed by atoms with E-state index in [1.807, 2.05) is 4.90 Å². The predicted molar refractivity (Wildman–Crippen MR) is 108 cm³/mol. The summed E-state index contributed by atoms with van der Waals surface area (Å²) in [5.41, 5.74) is 1.40. The second-order valence-corrected chi connectivity index (χ2v) is 8.22. The molecular formula is C23H34N2O2. The SMILES string of the molecule is CCCCC(=O)N1CCC(C(=O)N2CCC(Cc3ccccc3)CC2)CC1. The zero-order valence-electron chi connectivity index (χ0n) is 16.7. The van der Waals surface area contributed by atoms with Crippen molar-refractivity contribution in [3.05, 3.63) is 35.9 Å². The molecule has 0 aromatic heterocycles. The van der Waals surface area contributed by atoms with Gasteiger partial charge in [0.25, 0.3) is 0 Å². The Bertz CT molecular complexity index is 600. The van der Waals surface area contributed by atoms with Crippen molar-refractivity contribution in [3.63, 3.8) is 0 Å². The molecule has 2 heterocycles. The maximum Gasteiger partial charge on any atom is 0.225 e. The molecule has 1 aromatic carbocycles. The molecule has 4 nitrogen and oxygen atoms in total. The van der Waals surface area contributed by atoms with Gasteiger partial charge in [-0.15, -0.1) is 0 Å². The Labute approximate surface area is 163 Å². The Balaban J connectivity index is 1.40. The van der Waals surface area contributed by atoms with Crippen molar-refractivity contribution in [2.24, 2.45) is 11.8 Å². The van der Waals surface area contributed by atoms with Gasteiger partial charge < -0.3 is 9.80 Å². The summed E-state index contributed by atoms with van der Waals surface area (Å²) in [5.74, 6) is 1.40. The molecule has 2 aliphatic rings. The van der Waals surface area contributed by atoms with E-state index in [4.69, 9.17) is 0 Å². The normalized spacial score (nSPS) is 19.3. The lowest BCUT2D eigenvalue weighted by Gasteiger charge is -2.37.